The fourth-order valence-electron chi connectivity index (χ4n) is 15.0. The molecule has 13 N–H and O–H groups in total. The Hall–Kier alpha value is -12.8. The Bertz CT molecular complexity index is 5930. The van der Waals surface area contributed by atoms with Crippen LogP contribution in [0.2, 0.25) is 0 Å². The van der Waals surface area contributed by atoms with E-state index in [-0.39, 0.29) is 31.3 Å². The molecule has 0 atom stereocenters. The Kier molecular flexibility index (Phi) is 31.8. The molecule has 0 radical (unpaired) electrons. The summed E-state index contributed by atoms with van der Waals surface area (Å²) < 4.78 is 17.0. The van der Waals surface area contributed by atoms with Gasteiger partial charge in [0.05, 0.1) is 46.5 Å². The number of carbonyl (C=O) groups is 4. The average molecular weight is 1670 g/mol. The number of piperazine rings is 3. The van der Waals surface area contributed by atoms with Crippen LogP contribution < -0.4 is 37.6 Å². The Labute approximate surface area is 699 Å². The smallest absolute Gasteiger partial charge is 0.284 e. The van der Waals surface area contributed by atoms with E-state index >= 15 is 0 Å². The molecule has 14 aromatic rings. The summed E-state index contributed by atoms with van der Waals surface area (Å²) in [6.45, 7) is 15.2. The lowest BCUT2D eigenvalue weighted by Crippen LogP contribution is -2.46. The first-order valence-corrected chi connectivity index (χ1v) is 40.9. The number of aryl methyl sites for hydroxylation is 4. The van der Waals surface area contributed by atoms with Crippen molar-refractivity contribution < 1.29 is 37.5 Å². The van der Waals surface area contributed by atoms with Gasteiger partial charge in [-0.3, -0.25) is 19.3 Å². The van der Waals surface area contributed by atoms with Crippen LogP contribution in [0.15, 0.2) is 188 Å². The summed E-state index contributed by atoms with van der Waals surface area (Å²) in [4.78, 5) is 66.2. The number of amides is 3. The second-order valence-electron chi connectivity index (χ2n) is 29.5. The van der Waals surface area contributed by atoms with Gasteiger partial charge in [-0.1, -0.05) is 23.4 Å². The lowest BCUT2D eigenvalue weighted by Gasteiger charge is -2.36. The number of aldehydes is 1. The maximum absolute atomic E-state index is 11.4. The molecule has 26 heteroatoms. The topological polar surface area (TPSA) is 401 Å². The number of carbonyl (C=O) groups excluding carboxylic acids is 4. The third-order valence-electron chi connectivity index (χ3n) is 21.4. The maximum Gasteiger partial charge on any atom is 0.284 e. The van der Waals surface area contributed by atoms with Gasteiger partial charge in [-0.15, -0.1) is 0 Å². The van der Waals surface area contributed by atoms with Crippen LogP contribution in [0.3, 0.4) is 0 Å². The number of furan rings is 3. The maximum atomic E-state index is 11.4. The van der Waals surface area contributed by atoms with Crippen LogP contribution in [0, 0.1) is 45.3 Å². The van der Waals surface area contributed by atoms with Crippen molar-refractivity contribution in [2.75, 3.05) is 108 Å². The largest absolute Gasteiger partial charge is 0.451 e. The minimum Gasteiger partial charge on any atom is -0.451 e. The number of aromatic amines is 4. The van der Waals surface area contributed by atoms with E-state index in [1.165, 1.54) is 65.5 Å². The number of aliphatic hydroxyl groups is 1. The standard InChI is InChI=1S/C26H27N5O2.C17H22N4.C14H14N2O.C13H15N3O2.C13H14N2O.C9H6BrNO2.CH4/c27-16-18-4-6-23-22(13-18)19(17-29-23)3-1-2-8-30-9-11-31(12-10-30)21-5-7-24-20(14-21)15-25(33-24)26(28)32;18-12-14-4-5-17-16(11-14)15(13-20-17)3-1-2-8-21-9-6-19-7-10-21;15-9-11-5-6-14-13(8-11)12(10-16-14)4-2-1-3-7-17;14-13(17)12-8-9-7-10(1-2-11(9)18-12)16-5-3-15-4-6-16;14-8-10-4-5-13-12(7-10)11(9-15-13)3-1-2-6-16;10-6-1-2-7-5(3-6)4-8(13-7)9(11)12;/h4-7,13-15,17,29H,1-3,8-12H2,(H2,28,32);4-5,11,13,19-20H,1-3,6-10H2;5-8,10,16H,1-4H2;1-2,7-8,15H,3-6H2,(H2,14,17);4-5,7,9,15-16H,1-3,6H2;1-4H,(H2,11,12);1H4. The van der Waals surface area contributed by atoms with Gasteiger partial charge >= 0.3 is 0 Å². The lowest BCUT2D eigenvalue weighted by molar-refractivity contribution is -0.107. The molecule has 10 heterocycles. The zero-order valence-electron chi connectivity index (χ0n) is 66.0. The first kappa shape index (κ1) is 87.1. The predicted molar refractivity (Wildman–Crippen MR) is 473 cm³/mol. The van der Waals surface area contributed by atoms with E-state index < -0.39 is 17.7 Å². The van der Waals surface area contributed by atoms with E-state index in [0.717, 1.165) is 213 Å². The molecule has 17 rings (SSSR count). The van der Waals surface area contributed by atoms with Crippen molar-refractivity contribution in [3.05, 3.63) is 237 Å². The number of nitrogens with one attached hydrogen (secondary N) is 6. The summed E-state index contributed by atoms with van der Waals surface area (Å²) in [5.74, 6) is -1.03. The molecule has 3 saturated heterocycles. The second-order valence-corrected chi connectivity index (χ2v) is 30.4. The number of fused-ring (bicyclic) bond motifs is 7. The Morgan fingerprint density at radius 1 is 0.412 bits per heavy atom. The average Bonchev–Trinajstić information content (AvgIpc) is 1.74. The van der Waals surface area contributed by atoms with Crippen molar-refractivity contribution in [2.45, 2.75) is 90.9 Å². The van der Waals surface area contributed by atoms with E-state index in [1.54, 1.807) is 24.3 Å². The number of nitrogens with zero attached hydrogens (tertiary/aromatic N) is 8. The number of benzene rings is 7. The molecule has 3 aliphatic heterocycles. The number of rotatable bonds is 24. The van der Waals surface area contributed by atoms with Crippen molar-refractivity contribution in [1.29, 1.82) is 21.0 Å². The third kappa shape index (κ3) is 23.8. The van der Waals surface area contributed by atoms with Crippen molar-refractivity contribution in [3.63, 3.8) is 0 Å². The number of hydrogen-bond acceptors (Lipinski definition) is 18. The van der Waals surface area contributed by atoms with Crippen molar-refractivity contribution in [1.82, 2.24) is 40.4 Å². The SMILES string of the molecule is C.N#Cc1ccc2[nH]cc(CCCCC=O)c2c1.N#Cc1ccc2[nH]cc(CCCCN3CCN(c4ccc5oc(C(N)=O)cc5c4)CC3)c2c1.N#Cc1ccc2[nH]cc(CCCCN3CCNCC3)c2c1.N#Cc1ccc2[nH]cc(CCCCO)c2c1.NC(=O)c1cc2cc(Br)ccc2o1.NC(=O)c1cc2cc(N3CCNCC3)ccc2o1. The molecule has 0 spiro atoms. The van der Waals surface area contributed by atoms with Crippen LogP contribution in [0.5, 0.6) is 0 Å². The summed E-state index contributed by atoms with van der Waals surface area (Å²) in [6.07, 6.45) is 22.2. The number of hydrogen-bond donors (Lipinski definition) is 10. The Balaban J connectivity index is 0.000000144. The van der Waals surface area contributed by atoms with Gasteiger partial charge in [0.15, 0.2) is 17.3 Å². The first-order valence-electron chi connectivity index (χ1n) is 40.1. The minimum absolute atomic E-state index is 0. The highest BCUT2D eigenvalue weighted by atomic mass is 79.9. The van der Waals surface area contributed by atoms with Crippen LogP contribution in [-0.4, -0.2) is 157 Å². The van der Waals surface area contributed by atoms with Gasteiger partial charge in [-0.05, 0) is 258 Å². The number of nitriles is 4. The minimum atomic E-state index is -0.549. The van der Waals surface area contributed by atoms with Gasteiger partial charge in [-0.25, -0.2) is 0 Å². The summed E-state index contributed by atoms with van der Waals surface area (Å²) in [5, 5.41) is 58.6. The molecule has 0 unspecified atom stereocenters. The summed E-state index contributed by atoms with van der Waals surface area (Å²) >= 11 is 3.32. The number of H-pyrrole nitrogens is 4. The van der Waals surface area contributed by atoms with Crippen molar-refractivity contribution in [3.8, 4) is 24.3 Å². The molecule has 0 saturated carbocycles. The van der Waals surface area contributed by atoms with Crippen LogP contribution >= 0.6 is 15.9 Å². The van der Waals surface area contributed by atoms with Crippen LogP contribution in [0.25, 0.3) is 76.5 Å². The predicted octanol–water partition coefficient (Wildman–Crippen LogP) is 15.5. The van der Waals surface area contributed by atoms with E-state index in [1.807, 2.05) is 128 Å². The van der Waals surface area contributed by atoms with E-state index in [9.17, 15) is 19.2 Å². The lowest BCUT2D eigenvalue weighted by atomic mass is 10.0. The number of unbranched alkanes of at least 4 members (excludes halogenated alkanes) is 5. The Morgan fingerprint density at radius 2 is 0.748 bits per heavy atom. The fraction of sp³-hybridized carbons (Fsp3) is 0.312. The van der Waals surface area contributed by atoms with Gasteiger partial charge < -0.3 is 85.6 Å². The number of primary amides is 3. The first-order chi connectivity index (χ1) is 57.6. The zero-order chi connectivity index (χ0) is 82.7. The number of anilines is 2. The molecule has 0 bridgehead atoms. The summed E-state index contributed by atoms with van der Waals surface area (Å²) in [6, 6.07) is 54.3. The zero-order valence-corrected chi connectivity index (χ0v) is 67.6. The van der Waals surface area contributed by atoms with Gasteiger partial charge in [-0.2, -0.15) is 21.0 Å². The molecule has 119 heavy (non-hydrogen) atoms. The number of aliphatic hydroxyl groups excluding tert-OH is 1. The number of nitrogens with two attached hydrogens (primary N) is 3. The fourth-order valence-corrected chi connectivity index (χ4v) is 15.4. The number of aromatic nitrogens is 4. The van der Waals surface area contributed by atoms with E-state index in [4.69, 9.17) is 56.6 Å². The van der Waals surface area contributed by atoms with Gasteiger partial charge in [0.25, 0.3) is 17.7 Å². The molecule has 614 valence electrons. The highest BCUT2D eigenvalue weighted by molar-refractivity contribution is 9.10. The highest BCUT2D eigenvalue weighted by Gasteiger charge is 2.21. The van der Waals surface area contributed by atoms with Crippen molar-refractivity contribution in [2.24, 2.45) is 17.2 Å². The molecule has 7 aromatic heterocycles. The van der Waals surface area contributed by atoms with Crippen LogP contribution in [0.4, 0.5) is 11.4 Å². The van der Waals surface area contributed by atoms with Crippen molar-refractivity contribution >= 4 is 128 Å². The molecule has 0 aliphatic carbocycles. The molecular formula is C93H102BrN17O8. The second kappa shape index (κ2) is 43.4. The highest BCUT2D eigenvalue weighted by Crippen LogP contribution is 2.31. The van der Waals surface area contributed by atoms with Gasteiger partial charge in [0, 0.05) is 192 Å². The van der Waals surface area contributed by atoms with Crippen LogP contribution in [-0.2, 0) is 30.5 Å². The van der Waals surface area contributed by atoms with E-state index in [2.05, 4.69) is 109 Å². The quantitative estimate of drug-likeness (QED) is 0.0198. The summed E-state index contributed by atoms with van der Waals surface area (Å²) in [7, 11) is 0. The monoisotopic (exact) mass is 1660 g/mol. The molecule has 7 aromatic carbocycles. The molecular weight excluding hydrogens is 1560 g/mol. The normalized spacial score (nSPS) is 13.4. The Morgan fingerprint density at radius 3 is 1.11 bits per heavy atom. The number of halogens is 1. The third-order valence-corrected chi connectivity index (χ3v) is 21.9. The molecule has 3 aliphatic rings. The van der Waals surface area contributed by atoms with Gasteiger partial charge in [0.1, 0.15) is 23.0 Å². The summed E-state index contributed by atoms with van der Waals surface area (Å²) in [5.41, 5.74) is 32.2. The van der Waals surface area contributed by atoms with E-state index in [0.29, 0.717) is 39.9 Å². The molecule has 3 fully saturated rings. The molecule has 25 nitrogen and oxygen atoms in total. The molecule has 3 amide bonds. The van der Waals surface area contributed by atoms with Gasteiger partial charge in [0.2, 0.25) is 0 Å². The van der Waals surface area contributed by atoms with Crippen LogP contribution in [0.1, 0.15) is 141 Å².